The number of hydrogen-bond acceptors (Lipinski definition) is 4. The number of para-hydroxylation sites is 1. The Balaban J connectivity index is 2.42. The third kappa shape index (κ3) is 2.81. The molecule has 0 amide bonds. The Hall–Kier alpha value is -2.17. The molecule has 5 heteroatoms. The lowest BCUT2D eigenvalue weighted by Crippen LogP contribution is -2.06. The Kier molecular flexibility index (Phi) is 3.64. The molecule has 1 aromatic heterocycles. The molecule has 0 saturated carbocycles. The van der Waals surface area contributed by atoms with Gasteiger partial charge in [0.15, 0.2) is 11.6 Å². The van der Waals surface area contributed by atoms with Gasteiger partial charge in [-0.25, -0.2) is 9.37 Å². The number of hydrogen-bond donors (Lipinski definition) is 1. The van der Waals surface area contributed by atoms with E-state index in [0.29, 0.717) is 23.1 Å². The van der Waals surface area contributed by atoms with E-state index in [9.17, 15) is 4.39 Å². The van der Waals surface area contributed by atoms with Crippen LogP contribution < -0.4 is 10.5 Å². The van der Waals surface area contributed by atoms with E-state index in [2.05, 4.69) is 9.97 Å². The average Bonchev–Trinajstić information content (AvgIpc) is 2.37. The zero-order chi connectivity index (χ0) is 14.0. The van der Waals surface area contributed by atoms with Crippen LogP contribution in [0, 0.1) is 12.7 Å². The summed E-state index contributed by atoms with van der Waals surface area (Å²) in [6.45, 7) is 5.66. The number of benzene rings is 1. The smallest absolute Gasteiger partial charge is 0.227 e. The summed E-state index contributed by atoms with van der Waals surface area (Å²) in [6, 6.07) is 6.17. The second-order valence-corrected chi connectivity index (χ2v) is 4.58. The summed E-state index contributed by atoms with van der Waals surface area (Å²) in [5.74, 6) is 1.02. The van der Waals surface area contributed by atoms with Crippen LogP contribution in [0.3, 0.4) is 0 Å². The summed E-state index contributed by atoms with van der Waals surface area (Å²) >= 11 is 0. The molecule has 1 aromatic carbocycles. The molecule has 100 valence electrons. The van der Waals surface area contributed by atoms with Crippen molar-refractivity contribution in [1.29, 1.82) is 0 Å². The minimum atomic E-state index is -0.440. The highest BCUT2D eigenvalue weighted by atomic mass is 19.1. The van der Waals surface area contributed by atoms with Crippen LogP contribution in [0.2, 0.25) is 0 Å². The van der Waals surface area contributed by atoms with E-state index >= 15 is 0 Å². The maximum atomic E-state index is 13.6. The Labute approximate surface area is 111 Å². The number of halogens is 1. The topological polar surface area (TPSA) is 61.0 Å². The van der Waals surface area contributed by atoms with Crippen LogP contribution in [0.25, 0.3) is 0 Å². The molecule has 0 aliphatic heterocycles. The highest BCUT2D eigenvalue weighted by molar-refractivity contribution is 5.46. The summed E-state index contributed by atoms with van der Waals surface area (Å²) < 4.78 is 19.1. The maximum absolute atomic E-state index is 13.6. The minimum absolute atomic E-state index is 0.117. The predicted molar refractivity (Wildman–Crippen MR) is 71.7 cm³/mol. The van der Waals surface area contributed by atoms with Gasteiger partial charge in [0.05, 0.1) is 5.56 Å². The number of ether oxygens (including phenoxy) is 1. The Morgan fingerprint density at radius 2 is 1.89 bits per heavy atom. The van der Waals surface area contributed by atoms with Gasteiger partial charge in [-0.05, 0) is 19.1 Å². The molecule has 0 aliphatic rings. The summed E-state index contributed by atoms with van der Waals surface area (Å²) in [7, 11) is 0. The number of nitrogens with two attached hydrogens (primary N) is 1. The van der Waals surface area contributed by atoms with Gasteiger partial charge in [-0.2, -0.15) is 4.98 Å². The average molecular weight is 261 g/mol. The van der Waals surface area contributed by atoms with Crippen LogP contribution in [0.5, 0.6) is 11.6 Å². The monoisotopic (exact) mass is 261 g/mol. The largest absolute Gasteiger partial charge is 0.435 e. The fourth-order valence-corrected chi connectivity index (χ4v) is 1.52. The van der Waals surface area contributed by atoms with Gasteiger partial charge in [-0.1, -0.05) is 26.0 Å². The van der Waals surface area contributed by atoms with Crippen molar-refractivity contribution >= 4 is 5.82 Å². The van der Waals surface area contributed by atoms with Crippen molar-refractivity contribution in [2.24, 2.45) is 0 Å². The minimum Gasteiger partial charge on any atom is -0.435 e. The van der Waals surface area contributed by atoms with Crippen molar-refractivity contribution in [1.82, 2.24) is 9.97 Å². The van der Waals surface area contributed by atoms with Gasteiger partial charge in [0.1, 0.15) is 11.6 Å². The molecular formula is C14H16FN3O. The quantitative estimate of drug-likeness (QED) is 0.919. The standard InChI is InChI=1S/C14H16FN3O/c1-8(2)13-17-12(16)9(3)14(18-13)19-11-7-5-4-6-10(11)15/h4-8H,1-3H3,(H2,16,17,18). The van der Waals surface area contributed by atoms with Gasteiger partial charge in [0.2, 0.25) is 5.88 Å². The van der Waals surface area contributed by atoms with E-state index < -0.39 is 5.82 Å². The van der Waals surface area contributed by atoms with Crippen LogP contribution in [0.15, 0.2) is 24.3 Å². The first-order valence-corrected chi connectivity index (χ1v) is 6.05. The van der Waals surface area contributed by atoms with Crippen LogP contribution in [-0.2, 0) is 0 Å². The lowest BCUT2D eigenvalue weighted by molar-refractivity contribution is 0.420. The molecule has 2 rings (SSSR count). The third-order valence-electron chi connectivity index (χ3n) is 2.72. The zero-order valence-corrected chi connectivity index (χ0v) is 11.1. The highest BCUT2D eigenvalue weighted by Gasteiger charge is 2.14. The van der Waals surface area contributed by atoms with Gasteiger partial charge in [-0.15, -0.1) is 0 Å². The Morgan fingerprint density at radius 3 is 2.53 bits per heavy atom. The van der Waals surface area contributed by atoms with E-state index in [0.717, 1.165) is 0 Å². The van der Waals surface area contributed by atoms with Crippen LogP contribution in [-0.4, -0.2) is 9.97 Å². The Morgan fingerprint density at radius 1 is 1.21 bits per heavy atom. The van der Waals surface area contributed by atoms with E-state index in [1.807, 2.05) is 13.8 Å². The third-order valence-corrected chi connectivity index (χ3v) is 2.72. The van der Waals surface area contributed by atoms with Crippen molar-refractivity contribution in [3.8, 4) is 11.6 Å². The first kappa shape index (κ1) is 13.3. The van der Waals surface area contributed by atoms with Crippen molar-refractivity contribution in [3.05, 3.63) is 41.5 Å². The number of nitrogen functional groups attached to an aromatic ring is 1. The first-order valence-electron chi connectivity index (χ1n) is 6.05. The van der Waals surface area contributed by atoms with Gasteiger partial charge in [0, 0.05) is 5.92 Å². The highest BCUT2D eigenvalue weighted by Crippen LogP contribution is 2.28. The normalized spacial score (nSPS) is 10.8. The summed E-state index contributed by atoms with van der Waals surface area (Å²) in [5, 5.41) is 0. The summed E-state index contributed by atoms with van der Waals surface area (Å²) in [4.78, 5) is 8.48. The van der Waals surface area contributed by atoms with E-state index in [1.54, 1.807) is 25.1 Å². The predicted octanol–water partition coefficient (Wildman–Crippen LogP) is 3.42. The molecule has 0 spiro atoms. The second kappa shape index (κ2) is 5.22. The molecule has 0 bridgehead atoms. The maximum Gasteiger partial charge on any atom is 0.227 e. The fraction of sp³-hybridized carbons (Fsp3) is 0.286. The number of nitrogens with zero attached hydrogens (tertiary/aromatic N) is 2. The molecule has 0 unspecified atom stereocenters. The number of aromatic nitrogens is 2. The molecule has 19 heavy (non-hydrogen) atoms. The molecule has 1 heterocycles. The lowest BCUT2D eigenvalue weighted by atomic mass is 10.2. The van der Waals surface area contributed by atoms with Gasteiger partial charge < -0.3 is 10.5 Å². The van der Waals surface area contributed by atoms with E-state index in [4.69, 9.17) is 10.5 Å². The van der Waals surface area contributed by atoms with E-state index in [-0.39, 0.29) is 11.7 Å². The second-order valence-electron chi connectivity index (χ2n) is 4.58. The number of anilines is 1. The van der Waals surface area contributed by atoms with Crippen molar-refractivity contribution in [2.45, 2.75) is 26.7 Å². The van der Waals surface area contributed by atoms with Crippen LogP contribution in [0.4, 0.5) is 10.2 Å². The van der Waals surface area contributed by atoms with Crippen molar-refractivity contribution < 1.29 is 9.13 Å². The van der Waals surface area contributed by atoms with Crippen LogP contribution >= 0.6 is 0 Å². The number of rotatable bonds is 3. The lowest BCUT2D eigenvalue weighted by Gasteiger charge is -2.12. The zero-order valence-electron chi connectivity index (χ0n) is 11.1. The molecule has 0 fully saturated rings. The molecule has 0 atom stereocenters. The van der Waals surface area contributed by atoms with Gasteiger partial charge >= 0.3 is 0 Å². The van der Waals surface area contributed by atoms with Gasteiger partial charge in [-0.3, -0.25) is 0 Å². The van der Waals surface area contributed by atoms with Crippen LogP contribution in [0.1, 0.15) is 31.2 Å². The van der Waals surface area contributed by atoms with E-state index in [1.165, 1.54) is 6.07 Å². The van der Waals surface area contributed by atoms with Gasteiger partial charge in [0.25, 0.3) is 0 Å². The molecule has 0 radical (unpaired) electrons. The Bertz CT molecular complexity index is 599. The first-order chi connectivity index (χ1) is 8.99. The van der Waals surface area contributed by atoms with Crippen molar-refractivity contribution in [3.63, 3.8) is 0 Å². The summed E-state index contributed by atoms with van der Waals surface area (Å²) in [5.41, 5.74) is 6.43. The fourth-order valence-electron chi connectivity index (χ4n) is 1.52. The SMILES string of the molecule is Cc1c(N)nc(C(C)C)nc1Oc1ccccc1F. The molecule has 4 nitrogen and oxygen atoms in total. The molecule has 0 saturated heterocycles. The van der Waals surface area contributed by atoms with Crippen molar-refractivity contribution in [2.75, 3.05) is 5.73 Å². The summed E-state index contributed by atoms with van der Waals surface area (Å²) in [6.07, 6.45) is 0. The molecule has 0 aliphatic carbocycles. The molecular weight excluding hydrogens is 245 g/mol. The molecule has 2 aromatic rings. The molecule has 2 N–H and O–H groups in total.